The van der Waals surface area contributed by atoms with Gasteiger partial charge in [0, 0.05) is 36.6 Å². The molecule has 1 aliphatic heterocycles. The van der Waals surface area contributed by atoms with E-state index in [2.05, 4.69) is 15.0 Å². The van der Waals surface area contributed by atoms with E-state index >= 15 is 0 Å². The summed E-state index contributed by atoms with van der Waals surface area (Å²) in [5, 5.41) is 4.47. The van der Waals surface area contributed by atoms with Crippen LogP contribution in [0.3, 0.4) is 0 Å². The molecule has 0 unspecified atom stereocenters. The lowest BCUT2D eigenvalue weighted by molar-refractivity contribution is 0.498. The Labute approximate surface area is 125 Å². The number of nitrogens with zero attached hydrogens (tertiary/aromatic N) is 5. The summed E-state index contributed by atoms with van der Waals surface area (Å²) in [7, 11) is 0. The van der Waals surface area contributed by atoms with E-state index in [0.29, 0.717) is 12.0 Å². The number of aromatic nitrogens is 4. The second-order valence-electron chi connectivity index (χ2n) is 5.83. The van der Waals surface area contributed by atoms with E-state index in [0.717, 1.165) is 48.8 Å². The lowest BCUT2D eigenvalue weighted by atomic mass is 10.1. The first-order valence-electron chi connectivity index (χ1n) is 7.43. The fraction of sp³-hybridized carbons (Fsp3) is 0.533. The summed E-state index contributed by atoms with van der Waals surface area (Å²) >= 11 is 0. The van der Waals surface area contributed by atoms with Gasteiger partial charge in [-0.3, -0.25) is 0 Å². The third-order valence-electron chi connectivity index (χ3n) is 3.89. The van der Waals surface area contributed by atoms with E-state index in [4.69, 9.17) is 10.7 Å². The average molecular weight is 286 g/mol. The molecule has 21 heavy (non-hydrogen) atoms. The van der Waals surface area contributed by atoms with Crippen LogP contribution in [0.25, 0.3) is 5.95 Å². The summed E-state index contributed by atoms with van der Waals surface area (Å²) in [5.74, 6) is 1.61. The Balaban J connectivity index is 1.95. The van der Waals surface area contributed by atoms with Gasteiger partial charge in [-0.15, -0.1) is 0 Å². The molecule has 6 nitrogen and oxygen atoms in total. The summed E-state index contributed by atoms with van der Waals surface area (Å²) in [6.07, 6.45) is 2.02. The van der Waals surface area contributed by atoms with Crippen molar-refractivity contribution in [1.82, 2.24) is 19.7 Å². The number of piperidine rings is 1. The third-order valence-corrected chi connectivity index (χ3v) is 3.89. The first kappa shape index (κ1) is 14.0. The topological polar surface area (TPSA) is 72.9 Å². The normalized spacial score (nSPS) is 16.5. The minimum Gasteiger partial charge on any atom is -0.356 e. The maximum atomic E-state index is 5.97. The van der Waals surface area contributed by atoms with Gasteiger partial charge in [-0.1, -0.05) is 0 Å². The zero-order valence-electron chi connectivity index (χ0n) is 12.9. The first-order valence-corrected chi connectivity index (χ1v) is 7.43. The SMILES string of the molecule is Cc1cc(N2CCC(N)CC2)nc(-n2nc(C)cc2C)n1. The van der Waals surface area contributed by atoms with Gasteiger partial charge in [-0.05, 0) is 39.7 Å². The van der Waals surface area contributed by atoms with Gasteiger partial charge in [-0.2, -0.15) is 10.1 Å². The molecule has 2 N–H and O–H groups in total. The maximum Gasteiger partial charge on any atom is 0.252 e. The van der Waals surface area contributed by atoms with Crippen molar-refractivity contribution in [1.29, 1.82) is 0 Å². The first-order chi connectivity index (χ1) is 10.0. The lowest BCUT2D eigenvalue weighted by Crippen LogP contribution is -2.40. The molecule has 3 rings (SSSR count). The van der Waals surface area contributed by atoms with Crippen LogP contribution in [0.4, 0.5) is 5.82 Å². The van der Waals surface area contributed by atoms with Gasteiger partial charge in [0.25, 0.3) is 5.95 Å². The van der Waals surface area contributed by atoms with Crippen molar-refractivity contribution in [3.8, 4) is 5.95 Å². The molecule has 6 heteroatoms. The van der Waals surface area contributed by atoms with Crippen molar-refractivity contribution in [2.45, 2.75) is 39.7 Å². The minimum absolute atomic E-state index is 0.319. The van der Waals surface area contributed by atoms with E-state index in [-0.39, 0.29) is 0 Å². The molecule has 0 radical (unpaired) electrons. The maximum absolute atomic E-state index is 5.97. The van der Waals surface area contributed by atoms with Crippen LogP contribution in [0.2, 0.25) is 0 Å². The second kappa shape index (κ2) is 5.44. The van der Waals surface area contributed by atoms with Crippen LogP contribution in [0, 0.1) is 20.8 Å². The number of hydrogen-bond acceptors (Lipinski definition) is 5. The van der Waals surface area contributed by atoms with Gasteiger partial charge in [0.15, 0.2) is 0 Å². The van der Waals surface area contributed by atoms with E-state index in [1.54, 1.807) is 0 Å². The van der Waals surface area contributed by atoms with E-state index in [1.165, 1.54) is 0 Å². The predicted molar refractivity (Wildman–Crippen MR) is 82.8 cm³/mol. The highest BCUT2D eigenvalue weighted by atomic mass is 15.4. The summed E-state index contributed by atoms with van der Waals surface area (Å²) < 4.78 is 1.81. The van der Waals surface area contributed by atoms with Crippen molar-refractivity contribution in [3.63, 3.8) is 0 Å². The van der Waals surface area contributed by atoms with Crippen molar-refractivity contribution in [2.24, 2.45) is 5.73 Å². The number of hydrogen-bond donors (Lipinski definition) is 1. The van der Waals surface area contributed by atoms with Gasteiger partial charge < -0.3 is 10.6 Å². The van der Waals surface area contributed by atoms with Crippen LogP contribution in [0.1, 0.15) is 29.9 Å². The van der Waals surface area contributed by atoms with Crippen molar-refractivity contribution in [2.75, 3.05) is 18.0 Å². The van der Waals surface area contributed by atoms with Crippen LogP contribution < -0.4 is 10.6 Å². The molecule has 0 atom stereocenters. The highest BCUT2D eigenvalue weighted by Gasteiger charge is 2.19. The molecule has 112 valence electrons. The molecule has 0 amide bonds. The standard InChI is InChI=1S/C15H22N6/c1-10-9-14(20-6-4-13(16)5-7-20)18-15(17-10)21-12(3)8-11(2)19-21/h8-9,13H,4-7,16H2,1-3H3. The van der Waals surface area contributed by atoms with Gasteiger partial charge in [0.2, 0.25) is 0 Å². The van der Waals surface area contributed by atoms with Gasteiger partial charge >= 0.3 is 0 Å². The van der Waals surface area contributed by atoms with E-state index < -0.39 is 0 Å². The van der Waals surface area contributed by atoms with Crippen molar-refractivity contribution < 1.29 is 0 Å². The van der Waals surface area contributed by atoms with Crippen molar-refractivity contribution >= 4 is 5.82 Å². The molecule has 0 bridgehead atoms. The number of nitrogens with two attached hydrogens (primary N) is 1. The van der Waals surface area contributed by atoms with Crippen LogP contribution in [-0.2, 0) is 0 Å². The summed E-state index contributed by atoms with van der Waals surface area (Å²) in [4.78, 5) is 11.5. The Bertz CT molecular complexity index is 640. The highest BCUT2D eigenvalue weighted by Crippen LogP contribution is 2.19. The zero-order chi connectivity index (χ0) is 15.0. The van der Waals surface area contributed by atoms with Crippen LogP contribution in [-0.4, -0.2) is 38.9 Å². The molecule has 1 saturated heterocycles. The second-order valence-corrected chi connectivity index (χ2v) is 5.83. The average Bonchev–Trinajstić information content (AvgIpc) is 2.78. The van der Waals surface area contributed by atoms with Gasteiger partial charge in [0.1, 0.15) is 5.82 Å². The molecular formula is C15H22N6. The monoisotopic (exact) mass is 286 g/mol. The van der Waals surface area contributed by atoms with Crippen LogP contribution >= 0.6 is 0 Å². The molecule has 2 aromatic rings. The summed E-state index contributed by atoms with van der Waals surface area (Å²) in [5.41, 5.74) is 8.95. The molecular weight excluding hydrogens is 264 g/mol. The van der Waals surface area contributed by atoms with Crippen LogP contribution in [0.15, 0.2) is 12.1 Å². The number of rotatable bonds is 2. The zero-order valence-corrected chi connectivity index (χ0v) is 12.9. The fourth-order valence-corrected chi connectivity index (χ4v) is 2.75. The summed E-state index contributed by atoms with van der Waals surface area (Å²) in [6, 6.07) is 4.39. The summed E-state index contributed by atoms with van der Waals surface area (Å²) in [6.45, 7) is 7.90. The molecule has 0 aromatic carbocycles. The molecule has 0 aliphatic carbocycles. The van der Waals surface area contributed by atoms with Gasteiger partial charge in [-0.25, -0.2) is 9.67 Å². The number of aryl methyl sites for hydroxylation is 3. The van der Waals surface area contributed by atoms with Gasteiger partial charge in [0.05, 0.1) is 5.69 Å². The van der Waals surface area contributed by atoms with E-state index in [1.807, 2.05) is 37.6 Å². The lowest BCUT2D eigenvalue weighted by Gasteiger charge is -2.31. The third kappa shape index (κ3) is 2.90. The molecule has 0 spiro atoms. The fourth-order valence-electron chi connectivity index (χ4n) is 2.75. The molecule has 1 aliphatic rings. The Kier molecular flexibility index (Phi) is 3.63. The number of anilines is 1. The minimum atomic E-state index is 0.319. The Morgan fingerprint density at radius 3 is 2.38 bits per heavy atom. The van der Waals surface area contributed by atoms with Crippen LogP contribution in [0.5, 0.6) is 0 Å². The smallest absolute Gasteiger partial charge is 0.252 e. The Hall–Kier alpha value is -1.95. The quantitative estimate of drug-likeness (QED) is 0.906. The largest absolute Gasteiger partial charge is 0.356 e. The molecule has 3 heterocycles. The predicted octanol–water partition coefficient (Wildman–Crippen LogP) is 1.52. The van der Waals surface area contributed by atoms with Crippen molar-refractivity contribution in [3.05, 3.63) is 29.2 Å². The molecule has 1 fully saturated rings. The van der Waals surface area contributed by atoms with E-state index in [9.17, 15) is 0 Å². The Morgan fingerprint density at radius 2 is 1.76 bits per heavy atom. The highest BCUT2D eigenvalue weighted by molar-refractivity contribution is 5.42. The molecule has 2 aromatic heterocycles. The Morgan fingerprint density at radius 1 is 1.05 bits per heavy atom. The molecule has 0 saturated carbocycles.